The van der Waals surface area contributed by atoms with Crippen LogP contribution in [-0.4, -0.2) is 19.3 Å². The van der Waals surface area contributed by atoms with Crippen LogP contribution in [0.15, 0.2) is 69.5 Å². The molecular weight excluding hydrogens is 438 g/mol. The summed E-state index contributed by atoms with van der Waals surface area (Å²) in [5, 5.41) is 4.74. The number of rotatable bonds is 6. The number of sulfonamides is 1. The maximum atomic E-state index is 12.3. The molecule has 6 nitrogen and oxygen atoms in total. The van der Waals surface area contributed by atoms with Gasteiger partial charge in [-0.25, -0.2) is 13.4 Å². The van der Waals surface area contributed by atoms with Gasteiger partial charge in [0.15, 0.2) is 5.13 Å². The van der Waals surface area contributed by atoms with Crippen molar-refractivity contribution in [3.8, 4) is 0 Å². The smallest absolute Gasteiger partial charge is 0.263 e. The lowest BCUT2D eigenvalue weighted by molar-refractivity contribution is -0.115. The Bertz CT molecular complexity index is 987. The van der Waals surface area contributed by atoms with Crippen molar-refractivity contribution in [2.45, 2.75) is 11.3 Å². The van der Waals surface area contributed by atoms with Crippen LogP contribution in [0.3, 0.4) is 0 Å². The molecule has 0 radical (unpaired) electrons. The van der Waals surface area contributed by atoms with Gasteiger partial charge in [-0.3, -0.25) is 9.52 Å². The number of hydrogen-bond donors (Lipinski definition) is 2. The van der Waals surface area contributed by atoms with Gasteiger partial charge < -0.3 is 5.32 Å². The minimum absolute atomic E-state index is 0.0959. The number of amides is 1. The maximum Gasteiger partial charge on any atom is 0.263 e. The van der Waals surface area contributed by atoms with Gasteiger partial charge >= 0.3 is 0 Å². The van der Waals surface area contributed by atoms with Crippen LogP contribution in [0, 0.1) is 0 Å². The molecule has 3 aromatic rings. The first-order valence-electron chi connectivity index (χ1n) is 7.49. The number of carbonyl (C=O) groups is 1. The van der Waals surface area contributed by atoms with Crippen LogP contribution in [0.4, 0.5) is 10.8 Å². The van der Waals surface area contributed by atoms with E-state index >= 15 is 0 Å². The zero-order valence-corrected chi connectivity index (χ0v) is 16.6. The van der Waals surface area contributed by atoms with E-state index in [1.807, 2.05) is 24.3 Å². The molecule has 26 heavy (non-hydrogen) atoms. The largest absolute Gasteiger partial charge is 0.326 e. The van der Waals surface area contributed by atoms with Crippen molar-refractivity contribution in [3.05, 3.63) is 70.1 Å². The minimum Gasteiger partial charge on any atom is -0.326 e. The molecule has 1 heterocycles. The van der Waals surface area contributed by atoms with Crippen molar-refractivity contribution >= 4 is 54.0 Å². The molecule has 0 aliphatic heterocycles. The molecule has 1 amide bonds. The van der Waals surface area contributed by atoms with E-state index in [1.54, 1.807) is 17.5 Å². The van der Waals surface area contributed by atoms with Crippen molar-refractivity contribution in [2.75, 3.05) is 10.0 Å². The van der Waals surface area contributed by atoms with E-state index in [4.69, 9.17) is 0 Å². The zero-order chi connectivity index (χ0) is 18.6. The Morgan fingerprint density at radius 3 is 2.38 bits per heavy atom. The minimum atomic E-state index is -3.70. The second-order valence-corrected chi connectivity index (χ2v) is 8.81. The number of thiazole rings is 1. The standard InChI is InChI=1S/C17H14BrN3O3S2/c18-13-3-1-12(2-4-13)11-16(22)20-14-5-7-15(8-6-14)26(23,24)21-17-19-9-10-25-17/h1-10H,11H2,(H,19,21)(H,20,22). The van der Waals surface area contributed by atoms with Crippen LogP contribution in [0.1, 0.15) is 5.56 Å². The van der Waals surface area contributed by atoms with Gasteiger partial charge in [0.1, 0.15) is 0 Å². The van der Waals surface area contributed by atoms with Crippen LogP contribution in [0.5, 0.6) is 0 Å². The Morgan fingerprint density at radius 1 is 1.08 bits per heavy atom. The first kappa shape index (κ1) is 18.6. The number of nitrogens with zero attached hydrogens (tertiary/aromatic N) is 1. The van der Waals surface area contributed by atoms with Crippen LogP contribution in [0.25, 0.3) is 0 Å². The van der Waals surface area contributed by atoms with Crippen molar-refractivity contribution in [2.24, 2.45) is 0 Å². The van der Waals surface area contributed by atoms with Crippen LogP contribution < -0.4 is 10.0 Å². The summed E-state index contributed by atoms with van der Waals surface area (Å²) in [7, 11) is -3.70. The van der Waals surface area contributed by atoms with E-state index in [0.29, 0.717) is 10.8 Å². The predicted octanol–water partition coefficient (Wildman–Crippen LogP) is 3.89. The number of anilines is 2. The highest BCUT2D eigenvalue weighted by molar-refractivity contribution is 9.10. The Balaban J connectivity index is 1.63. The lowest BCUT2D eigenvalue weighted by atomic mass is 10.1. The van der Waals surface area contributed by atoms with Gasteiger partial charge in [-0.1, -0.05) is 28.1 Å². The lowest BCUT2D eigenvalue weighted by Crippen LogP contribution is -2.15. The van der Waals surface area contributed by atoms with E-state index in [9.17, 15) is 13.2 Å². The molecule has 0 bridgehead atoms. The molecule has 0 aliphatic rings. The fourth-order valence-electron chi connectivity index (χ4n) is 2.16. The monoisotopic (exact) mass is 451 g/mol. The summed E-state index contributed by atoms with van der Waals surface area (Å²) < 4.78 is 27.9. The highest BCUT2D eigenvalue weighted by Gasteiger charge is 2.15. The van der Waals surface area contributed by atoms with E-state index < -0.39 is 10.0 Å². The molecule has 0 spiro atoms. The van der Waals surface area contributed by atoms with Gasteiger partial charge in [-0.15, -0.1) is 11.3 Å². The average molecular weight is 452 g/mol. The molecule has 3 rings (SSSR count). The third-order valence-electron chi connectivity index (χ3n) is 3.38. The van der Waals surface area contributed by atoms with Gasteiger partial charge in [-0.05, 0) is 42.0 Å². The quantitative estimate of drug-likeness (QED) is 0.594. The number of aromatic nitrogens is 1. The van der Waals surface area contributed by atoms with Gasteiger partial charge in [0, 0.05) is 21.7 Å². The molecule has 0 fully saturated rings. The molecular formula is C17H14BrN3O3S2. The van der Waals surface area contributed by atoms with Crippen molar-refractivity contribution in [1.29, 1.82) is 0 Å². The molecule has 0 aliphatic carbocycles. The Kier molecular flexibility index (Phi) is 5.70. The first-order chi connectivity index (χ1) is 12.4. The highest BCUT2D eigenvalue weighted by Crippen LogP contribution is 2.20. The molecule has 134 valence electrons. The van der Waals surface area contributed by atoms with E-state index in [1.165, 1.54) is 29.7 Å². The van der Waals surface area contributed by atoms with Crippen molar-refractivity contribution < 1.29 is 13.2 Å². The van der Waals surface area contributed by atoms with Gasteiger partial charge in [0.2, 0.25) is 5.91 Å². The van der Waals surface area contributed by atoms with Crippen molar-refractivity contribution in [3.63, 3.8) is 0 Å². The summed E-state index contributed by atoms with van der Waals surface area (Å²) >= 11 is 4.54. The molecule has 0 saturated carbocycles. The second kappa shape index (κ2) is 7.98. The number of halogens is 1. The Morgan fingerprint density at radius 2 is 1.77 bits per heavy atom. The van der Waals surface area contributed by atoms with Crippen molar-refractivity contribution in [1.82, 2.24) is 4.98 Å². The van der Waals surface area contributed by atoms with E-state index in [-0.39, 0.29) is 17.2 Å². The Labute approximate surface area is 163 Å². The molecule has 0 atom stereocenters. The first-order valence-corrected chi connectivity index (χ1v) is 10.6. The van der Waals surface area contributed by atoms with Crippen LogP contribution >= 0.6 is 27.3 Å². The molecule has 2 aromatic carbocycles. The number of carbonyl (C=O) groups excluding carboxylic acids is 1. The number of benzene rings is 2. The summed E-state index contributed by atoms with van der Waals surface area (Å²) in [5.74, 6) is -0.177. The zero-order valence-electron chi connectivity index (χ0n) is 13.3. The van der Waals surface area contributed by atoms with Gasteiger partial charge in [-0.2, -0.15) is 0 Å². The SMILES string of the molecule is O=C(Cc1ccc(Br)cc1)Nc1ccc(S(=O)(=O)Nc2nccs2)cc1. The summed E-state index contributed by atoms with van der Waals surface area (Å²) in [6.07, 6.45) is 1.76. The second-order valence-electron chi connectivity index (χ2n) is 5.32. The number of hydrogen-bond acceptors (Lipinski definition) is 5. The predicted molar refractivity (Wildman–Crippen MR) is 106 cm³/mol. The summed E-state index contributed by atoms with van der Waals surface area (Å²) in [4.78, 5) is 16.1. The third kappa shape index (κ3) is 4.90. The normalized spacial score (nSPS) is 11.1. The summed E-state index contributed by atoms with van der Waals surface area (Å²) in [6, 6.07) is 13.4. The van der Waals surface area contributed by atoms with Gasteiger partial charge in [0.05, 0.1) is 11.3 Å². The van der Waals surface area contributed by atoms with E-state index in [0.717, 1.165) is 10.0 Å². The molecule has 0 unspecified atom stereocenters. The molecule has 2 N–H and O–H groups in total. The summed E-state index contributed by atoms with van der Waals surface area (Å²) in [6.45, 7) is 0. The highest BCUT2D eigenvalue weighted by atomic mass is 79.9. The third-order valence-corrected chi connectivity index (χ3v) is 6.08. The van der Waals surface area contributed by atoms with Crippen LogP contribution in [-0.2, 0) is 21.2 Å². The average Bonchev–Trinajstić information content (AvgIpc) is 3.09. The van der Waals surface area contributed by atoms with E-state index in [2.05, 4.69) is 31.0 Å². The van der Waals surface area contributed by atoms with Crippen LogP contribution in [0.2, 0.25) is 0 Å². The number of nitrogens with one attached hydrogen (secondary N) is 2. The Hall–Kier alpha value is -2.23. The molecule has 0 saturated heterocycles. The maximum absolute atomic E-state index is 12.3. The molecule has 1 aromatic heterocycles. The summed E-state index contributed by atoms with van der Waals surface area (Å²) in [5.41, 5.74) is 1.41. The molecule has 9 heteroatoms. The lowest BCUT2D eigenvalue weighted by Gasteiger charge is -2.08. The van der Waals surface area contributed by atoms with Gasteiger partial charge in [0.25, 0.3) is 10.0 Å². The fourth-order valence-corrected chi connectivity index (χ4v) is 4.21. The fraction of sp³-hybridized carbons (Fsp3) is 0.0588. The topological polar surface area (TPSA) is 88.2 Å².